The van der Waals surface area contributed by atoms with Crippen molar-refractivity contribution >= 4 is 16.6 Å². The monoisotopic (exact) mass is 267 g/mol. The normalized spacial score (nSPS) is 22.9. The van der Waals surface area contributed by atoms with Gasteiger partial charge >= 0.3 is 0 Å². The molecule has 0 spiro atoms. The molecule has 1 heterocycles. The molecule has 3 rings (SSSR count). The lowest BCUT2D eigenvalue weighted by molar-refractivity contribution is 0.0868. The van der Waals surface area contributed by atoms with Crippen LogP contribution in [0.2, 0.25) is 0 Å². The third-order valence-corrected chi connectivity index (χ3v) is 4.70. The number of hydrogen-bond acceptors (Lipinski definition) is 2. The third-order valence-electron chi connectivity index (χ3n) is 4.70. The molecule has 20 heavy (non-hydrogen) atoms. The first-order valence-electron chi connectivity index (χ1n) is 7.67. The fourth-order valence-electron chi connectivity index (χ4n) is 3.34. The van der Waals surface area contributed by atoms with E-state index in [4.69, 9.17) is 0 Å². The van der Waals surface area contributed by atoms with Gasteiger partial charge in [-0.05, 0) is 43.1 Å². The highest BCUT2D eigenvalue weighted by Crippen LogP contribution is 2.33. The first-order chi connectivity index (χ1) is 9.79. The molecule has 2 aromatic rings. The van der Waals surface area contributed by atoms with Gasteiger partial charge in [0, 0.05) is 17.5 Å². The molecule has 0 N–H and O–H groups in total. The van der Waals surface area contributed by atoms with Crippen LogP contribution in [0.3, 0.4) is 0 Å². The lowest BCUT2D eigenvalue weighted by Crippen LogP contribution is -2.22. The van der Waals surface area contributed by atoms with E-state index in [0.717, 1.165) is 29.5 Å². The van der Waals surface area contributed by atoms with Crippen LogP contribution >= 0.6 is 0 Å². The largest absolute Gasteiger partial charge is 0.292 e. The van der Waals surface area contributed by atoms with Gasteiger partial charge < -0.3 is 0 Å². The van der Waals surface area contributed by atoms with Crippen LogP contribution in [0.5, 0.6) is 0 Å². The Bertz CT molecular complexity index is 606. The second kappa shape index (κ2) is 5.74. The second-order valence-corrected chi connectivity index (χ2v) is 5.87. The molecule has 1 saturated carbocycles. The molecule has 2 heteroatoms. The highest BCUT2D eigenvalue weighted by atomic mass is 16.1. The summed E-state index contributed by atoms with van der Waals surface area (Å²) in [6.45, 7) is 2.25. The predicted molar refractivity (Wildman–Crippen MR) is 81.8 cm³/mol. The van der Waals surface area contributed by atoms with Crippen molar-refractivity contribution in [1.29, 1.82) is 0 Å². The molecule has 0 atom stereocenters. The number of nitrogens with zero attached hydrogens (tertiary/aromatic N) is 1. The van der Waals surface area contributed by atoms with E-state index in [0.29, 0.717) is 5.69 Å². The average Bonchev–Trinajstić information content (AvgIpc) is 2.54. The van der Waals surface area contributed by atoms with Crippen molar-refractivity contribution in [3.8, 4) is 0 Å². The Morgan fingerprint density at radius 1 is 1.15 bits per heavy atom. The first-order valence-corrected chi connectivity index (χ1v) is 7.67. The summed E-state index contributed by atoms with van der Waals surface area (Å²) in [5, 5.41) is 2.10. The molecule has 2 nitrogen and oxygen atoms in total. The number of carbonyl (C=O) groups is 1. The molecule has 1 aliphatic rings. The van der Waals surface area contributed by atoms with Crippen LogP contribution in [-0.4, -0.2) is 10.8 Å². The van der Waals surface area contributed by atoms with Crippen molar-refractivity contribution in [3.63, 3.8) is 0 Å². The molecular formula is C18H21NO. The lowest BCUT2D eigenvalue weighted by Gasteiger charge is -2.26. The van der Waals surface area contributed by atoms with Crippen LogP contribution in [0.15, 0.2) is 36.5 Å². The van der Waals surface area contributed by atoms with Gasteiger partial charge in [0.15, 0.2) is 5.78 Å². The molecule has 0 bridgehead atoms. The Hall–Kier alpha value is -1.70. The molecule has 0 radical (unpaired) electrons. The van der Waals surface area contributed by atoms with Crippen molar-refractivity contribution in [2.24, 2.45) is 11.8 Å². The number of fused-ring (bicyclic) bond motifs is 1. The molecule has 1 aromatic carbocycles. The quantitative estimate of drug-likeness (QED) is 0.759. The number of rotatable bonds is 3. The van der Waals surface area contributed by atoms with E-state index < -0.39 is 0 Å². The Morgan fingerprint density at radius 2 is 1.90 bits per heavy atom. The summed E-state index contributed by atoms with van der Waals surface area (Å²) in [5.74, 6) is 1.24. The Kier molecular flexibility index (Phi) is 3.81. The summed E-state index contributed by atoms with van der Waals surface area (Å²) >= 11 is 0. The van der Waals surface area contributed by atoms with Crippen molar-refractivity contribution in [3.05, 3.63) is 42.2 Å². The van der Waals surface area contributed by atoms with Crippen LogP contribution < -0.4 is 0 Å². The van der Waals surface area contributed by atoms with E-state index in [9.17, 15) is 4.79 Å². The molecule has 104 valence electrons. The molecule has 1 aliphatic carbocycles. The Balaban J connectivity index is 1.86. The number of Topliss-reactive ketones (excluding diaryl/α,β-unsaturated/α-hetero) is 1. The highest BCUT2D eigenvalue weighted by Gasteiger charge is 2.27. The average molecular weight is 267 g/mol. The molecule has 0 saturated heterocycles. The van der Waals surface area contributed by atoms with Gasteiger partial charge in [-0.3, -0.25) is 9.78 Å². The molecule has 1 fully saturated rings. The van der Waals surface area contributed by atoms with Gasteiger partial charge in [-0.25, -0.2) is 0 Å². The van der Waals surface area contributed by atoms with Gasteiger partial charge in [-0.15, -0.1) is 0 Å². The van der Waals surface area contributed by atoms with Crippen LogP contribution in [0, 0.1) is 11.8 Å². The van der Waals surface area contributed by atoms with Crippen LogP contribution in [0.1, 0.15) is 49.5 Å². The maximum atomic E-state index is 12.7. The van der Waals surface area contributed by atoms with Gasteiger partial charge in [0.1, 0.15) is 5.69 Å². The molecule has 0 unspecified atom stereocenters. The molecule has 1 aromatic heterocycles. The maximum absolute atomic E-state index is 12.7. The zero-order valence-electron chi connectivity index (χ0n) is 12.0. The van der Waals surface area contributed by atoms with Crippen LogP contribution in [-0.2, 0) is 0 Å². The van der Waals surface area contributed by atoms with E-state index in [1.165, 1.54) is 19.3 Å². The van der Waals surface area contributed by atoms with Crippen LogP contribution in [0.4, 0.5) is 0 Å². The Labute approximate surface area is 120 Å². The van der Waals surface area contributed by atoms with Crippen molar-refractivity contribution < 1.29 is 4.79 Å². The Morgan fingerprint density at radius 3 is 2.65 bits per heavy atom. The van der Waals surface area contributed by atoms with Gasteiger partial charge in [-0.2, -0.15) is 0 Å². The first kappa shape index (κ1) is 13.3. The topological polar surface area (TPSA) is 30.0 Å². The van der Waals surface area contributed by atoms with Gasteiger partial charge in [0.2, 0.25) is 0 Å². The minimum absolute atomic E-state index is 0.177. The lowest BCUT2D eigenvalue weighted by atomic mass is 9.78. The summed E-state index contributed by atoms with van der Waals surface area (Å²) in [7, 11) is 0. The van der Waals surface area contributed by atoms with Crippen molar-refractivity contribution in [2.75, 3.05) is 0 Å². The summed E-state index contributed by atoms with van der Waals surface area (Å²) in [6, 6.07) is 10.0. The minimum atomic E-state index is 0.177. The number of aromatic nitrogens is 1. The molecular weight excluding hydrogens is 246 g/mol. The SMILES string of the molecule is CCC1CCC(C(=O)c2nccc3ccccc23)CC1. The number of ketones is 1. The second-order valence-electron chi connectivity index (χ2n) is 5.87. The zero-order valence-corrected chi connectivity index (χ0v) is 12.0. The third kappa shape index (κ3) is 2.47. The van der Waals surface area contributed by atoms with Gasteiger partial charge in [0.25, 0.3) is 0 Å². The van der Waals surface area contributed by atoms with E-state index in [1.54, 1.807) is 6.20 Å². The van der Waals surface area contributed by atoms with E-state index >= 15 is 0 Å². The highest BCUT2D eigenvalue weighted by molar-refractivity contribution is 6.07. The number of hydrogen-bond donors (Lipinski definition) is 0. The van der Waals surface area contributed by atoms with Crippen molar-refractivity contribution in [1.82, 2.24) is 4.98 Å². The predicted octanol–water partition coefficient (Wildman–Crippen LogP) is 4.63. The summed E-state index contributed by atoms with van der Waals surface area (Å²) in [6.07, 6.45) is 7.44. The van der Waals surface area contributed by atoms with Gasteiger partial charge in [0.05, 0.1) is 0 Å². The fourth-order valence-corrected chi connectivity index (χ4v) is 3.34. The zero-order chi connectivity index (χ0) is 13.9. The molecule has 0 amide bonds. The summed E-state index contributed by atoms with van der Waals surface area (Å²) < 4.78 is 0. The van der Waals surface area contributed by atoms with E-state index in [-0.39, 0.29) is 11.7 Å². The van der Waals surface area contributed by atoms with Crippen LogP contribution in [0.25, 0.3) is 10.8 Å². The van der Waals surface area contributed by atoms with Gasteiger partial charge in [-0.1, -0.05) is 37.6 Å². The number of carbonyl (C=O) groups excluding carboxylic acids is 1. The maximum Gasteiger partial charge on any atom is 0.184 e. The minimum Gasteiger partial charge on any atom is -0.292 e. The van der Waals surface area contributed by atoms with Crippen molar-refractivity contribution in [2.45, 2.75) is 39.0 Å². The van der Waals surface area contributed by atoms with E-state index in [1.807, 2.05) is 30.3 Å². The smallest absolute Gasteiger partial charge is 0.184 e. The van der Waals surface area contributed by atoms with E-state index in [2.05, 4.69) is 11.9 Å². The standard InChI is InChI=1S/C18H21NO/c1-2-13-7-9-15(10-8-13)18(20)17-16-6-4-3-5-14(16)11-12-19-17/h3-6,11-13,15H,2,7-10H2,1H3. The number of benzene rings is 1. The fraction of sp³-hybridized carbons (Fsp3) is 0.444. The number of pyridine rings is 1. The summed E-state index contributed by atoms with van der Waals surface area (Å²) in [5.41, 5.74) is 0.669. The summed E-state index contributed by atoms with van der Waals surface area (Å²) in [4.78, 5) is 17.1. The molecule has 0 aliphatic heterocycles.